The summed E-state index contributed by atoms with van der Waals surface area (Å²) in [4.78, 5) is 27.1. The van der Waals surface area contributed by atoms with Gasteiger partial charge >= 0.3 is 0 Å². The Kier molecular flexibility index (Phi) is 8.51. The van der Waals surface area contributed by atoms with E-state index in [1.54, 1.807) is 0 Å². The van der Waals surface area contributed by atoms with Crippen molar-refractivity contribution < 1.29 is 9.59 Å². The second-order valence-electron chi connectivity index (χ2n) is 9.33. The van der Waals surface area contributed by atoms with Crippen LogP contribution in [0.25, 0.3) is 0 Å². The zero-order chi connectivity index (χ0) is 27.3. The van der Waals surface area contributed by atoms with Crippen molar-refractivity contribution in [3.8, 4) is 0 Å². The van der Waals surface area contributed by atoms with Gasteiger partial charge < -0.3 is 16.4 Å². The predicted molar refractivity (Wildman–Crippen MR) is 155 cm³/mol. The van der Waals surface area contributed by atoms with Crippen molar-refractivity contribution >= 4 is 28.6 Å². The summed E-state index contributed by atoms with van der Waals surface area (Å²) in [6, 6.07) is 24.5. The Labute approximate surface area is 219 Å². The summed E-state index contributed by atoms with van der Waals surface area (Å²) in [5, 5.41) is 0. The second-order valence-corrected chi connectivity index (χ2v) is 9.33. The van der Waals surface area contributed by atoms with Crippen molar-refractivity contribution in [1.82, 2.24) is 0 Å². The molecular formula is C32H35N3O2. The minimum Gasteiger partial charge on any atom is -0.397 e. The van der Waals surface area contributed by atoms with Crippen molar-refractivity contribution in [1.29, 1.82) is 0 Å². The van der Waals surface area contributed by atoms with Crippen LogP contribution in [-0.4, -0.2) is 25.7 Å². The van der Waals surface area contributed by atoms with Gasteiger partial charge in [0.15, 0.2) is 11.6 Å². The van der Waals surface area contributed by atoms with E-state index in [-0.39, 0.29) is 11.6 Å². The van der Waals surface area contributed by atoms with Crippen LogP contribution in [0.3, 0.4) is 0 Å². The molecule has 0 saturated carbocycles. The van der Waals surface area contributed by atoms with Gasteiger partial charge in [0, 0.05) is 36.5 Å². The number of nitrogen functional groups attached to an aromatic ring is 2. The van der Waals surface area contributed by atoms with E-state index in [4.69, 9.17) is 11.5 Å². The Morgan fingerprint density at radius 2 is 1.14 bits per heavy atom. The Bertz CT molecular complexity index is 1410. The fraction of sp³-hybridized carbons (Fsp3) is 0.188. The maximum absolute atomic E-state index is 12.8. The van der Waals surface area contributed by atoms with E-state index in [0.29, 0.717) is 22.5 Å². The summed E-state index contributed by atoms with van der Waals surface area (Å²) in [6.45, 7) is 7.73. The van der Waals surface area contributed by atoms with Gasteiger partial charge in [-0.3, -0.25) is 9.59 Å². The Morgan fingerprint density at radius 3 is 1.73 bits per heavy atom. The van der Waals surface area contributed by atoms with Gasteiger partial charge in [-0.1, -0.05) is 66.7 Å². The molecule has 4 N–H and O–H groups in total. The van der Waals surface area contributed by atoms with Gasteiger partial charge in [-0.15, -0.1) is 0 Å². The maximum atomic E-state index is 12.8. The average Bonchev–Trinajstić information content (AvgIpc) is 2.91. The van der Waals surface area contributed by atoms with Crippen LogP contribution in [0.1, 0.15) is 54.1 Å². The van der Waals surface area contributed by atoms with Gasteiger partial charge in [0.1, 0.15) is 0 Å². The largest absolute Gasteiger partial charge is 0.397 e. The van der Waals surface area contributed by atoms with E-state index in [0.717, 1.165) is 39.1 Å². The van der Waals surface area contributed by atoms with Crippen LogP contribution >= 0.6 is 0 Å². The summed E-state index contributed by atoms with van der Waals surface area (Å²) >= 11 is 0. The lowest BCUT2D eigenvalue weighted by molar-refractivity contribution is 0.103. The molecule has 0 radical (unpaired) electrons. The molecule has 4 aromatic rings. The van der Waals surface area contributed by atoms with Crippen LogP contribution in [0.2, 0.25) is 0 Å². The molecule has 190 valence electrons. The number of anilines is 3. The minimum atomic E-state index is -0.0621. The van der Waals surface area contributed by atoms with Gasteiger partial charge in [0.05, 0.1) is 16.9 Å². The molecule has 37 heavy (non-hydrogen) atoms. The lowest BCUT2D eigenvalue weighted by Crippen LogP contribution is -2.14. The number of nitrogens with two attached hydrogens (primary N) is 2. The molecule has 0 aliphatic rings. The van der Waals surface area contributed by atoms with Crippen molar-refractivity contribution in [3.05, 3.63) is 123 Å². The predicted octanol–water partition coefficient (Wildman–Crippen LogP) is 6.30. The van der Waals surface area contributed by atoms with E-state index in [1.807, 2.05) is 126 Å². The summed E-state index contributed by atoms with van der Waals surface area (Å²) in [6.07, 6.45) is 0. The molecule has 5 heteroatoms. The zero-order valence-electron chi connectivity index (χ0n) is 22.4. The van der Waals surface area contributed by atoms with Crippen LogP contribution in [0.15, 0.2) is 78.9 Å². The maximum Gasteiger partial charge on any atom is 0.195 e. The molecule has 0 spiro atoms. The third-order valence-electron chi connectivity index (χ3n) is 6.75. The van der Waals surface area contributed by atoms with Crippen LogP contribution in [0.4, 0.5) is 17.1 Å². The van der Waals surface area contributed by atoms with E-state index in [1.165, 1.54) is 0 Å². The average molecular weight is 494 g/mol. The molecule has 0 amide bonds. The Hall–Kier alpha value is -4.38. The lowest BCUT2D eigenvalue weighted by atomic mass is 9.89. The number of carbonyl (C=O) groups is 2. The first-order chi connectivity index (χ1) is 17.6. The number of hydrogen-bond donors (Lipinski definition) is 2. The quantitative estimate of drug-likeness (QED) is 0.252. The molecule has 0 heterocycles. The Balaban J connectivity index is 0.000000208. The van der Waals surface area contributed by atoms with Gasteiger partial charge in [0.2, 0.25) is 0 Å². The third-order valence-corrected chi connectivity index (χ3v) is 6.75. The fourth-order valence-corrected chi connectivity index (χ4v) is 4.27. The van der Waals surface area contributed by atoms with E-state index in [9.17, 15) is 9.59 Å². The summed E-state index contributed by atoms with van der Waals surface area (Å²) in [5.74, 6) is 0.00259. The van der Waals surface area contributed by atoms with Crippen LogP contribution < -0.4 is 16.4 Å². The molecule has 0 atom stereocenters. The molecule has 0 bridgehead atoms. The fourth-order valence-electron chi connectivity index (χ4n) is 4.27. The molecule has 0 aromatic heterocycles. The van der Waals surface area contributed by atoms with Crippen molar-refractivity contribution in [2.24, 2.45) is 0 Å². The zero-order valence-corrected chi connectivity index (χ0v) is 22.4. The van der Waals surface area contributed by atoms with Gasteiger partial charge in [-0.2, -0.15) is 0 Å². The number of aryl methyl sites for hydroxylation is 1. The first-order valence-corrected chi connectivity index (χ1v) is 12.2. The number of benzene rings is 4. The van der Waals surface area contributed by atoms with E-state index < -0.39 is 0 Å². The molecule has 0 aliphatic carbocycles. The SMILES string of the molecule is CN(C)c1ccccc1C(=O)c1ccccc1.Cc1ccccc1C(=O)c1c(C)c(C)c(C)c(N)c1N. The second kappa shape index (κ2) is 11.6. The van der Waals surface area contributed by atoms with Gasteiger partial charge in [-0.25, -0.2) is 0 Å². The van der Waals surface area contributed by atoms with Gasteiger partial charge in [0.25, 0.3) is 0 Å². The smallest absolute Gasteiger partial charge is 0.195 e. The van der Waals surface area contributed by atoms with Crippen molar-refractivity contribution in [2.75, 3.05) is 30.5 Å². The molecule has 5 nitrogen and oxygen atoms in total. The highest BCUT2D eigenvalue weighted by Crippen LogP contribution is 2.33. The molecule has 4 aromatic carbocycles. The lowest BCUT2D eigenvalue weighted by Gasteiger charge is -2.17. The summed E-state index contributed by atoms with van der Waals surface area (Å²) in [7, 11) is 3.88. The number of para-hydroxylation sites is 1. The molecule has 0 aliphatic heterocycles. The number of nitrogens with zero attached hydrogens (tertiary/aromatic N) is 1. The highest BCUT2D eigenvalue weighted by atomic mass is 16.1. The highest BCUT2D eigenvalue weighted by Gasteiger charge is 2.21. The molecular weight excluding hydrogens is 458 g/mol. The third kappa shape index (κ3) is 5.72. The summed E-state index contributed by atoms with van der Waals surface area (Å²) < 4.78 is 0. The Morgan fingerprint density at radius 1 is 0.595 bits per heavy atom. The summed E-state index contributed by atoms with van der Waals surface area (Å²) in [5.41, 5.74) is 20.4. The van der Waals surface area contributed by atoms with Crippen molar-refractivity contribution in [2.45, 2.75) is 27.7 Å². The van der Waals surface area contributed by atoms with E-state index >= 15 is 0 Å². The van der Waals surface area contributed by atoms with Crippen LogP contribution in [0, 0.1) is 27.7 Å². The number of rotatable bonds is 5. The first kappa shape index (κ1) is 27.2. The first-order valence-electron chi connectivity index (χ1n) is 12.2. The van der Waals surface area contributed by atoms with E-state index in [2.05, 4.69) is 0 Å². The topological polar surface area (TPSA) is 89.4 Å². The molecule has 0 fully saturated rings. The van der Waals surface area contributed by atoms with Gasteiger partial charge in [-0.05, 0) is 62.1 Å². The normalized spacial score (nSPS) is 10.3. The van der Waals surface area contributed by atoms with Crippen molar-refractivity contribution in [3.63, 3.8) is 0 Å². The standard InChI is InChI=1S/C17H20N2O.C15H15NO/c1-9-7-5-6-8-13(9)17(20)14-11(3)10(2)12(4)15(18)16(14)19;1-16(2)14-11-7-6-10-13(14)15(17)12-8-4-3-5-9-12/h5-8H,18-19H2,1-4H3;3-11H,1-2H3. The minimum absolute atomic E-state index is 0.0621. The highest BCUT2D eigenvalue weighted by molar-refractivity contribution is 6.15. The number of ketones is 2. The molecule has 4 rings (SSSR count). The molecule has 0 unspecified atom stereocenters. The molecule has 0 saturated heterocycles. The van der Waals surface area contributed by atoms with Crippen LogP contribution in [0.5, 0.6) is 0 Å². The number of carbonyl (C=O) groups excluding carboxylic acids is 2. The number of hydrogen-bond acceptors (Lipinski definition) is 5. The monoisotopic (exact) mass is 493 g/mol. The van der Waals surface area contributed by atoms with Crippen LogP contribution in [-0.2, 0) is 0 Å².